The molecule has 0 spiro atoms. The molecular weight excluding hydrogens is 278 g/mol. The fourth-order valence-electron chi connectivity index (χ4n) is 1.35. The molecule has 0 aliphatic carbocycles. The third kappa shape index (κ3) is 4.10. The van der Waals surface area contributed by atoms with Gasteiger partial charge in [0.15, 0.2) is 0 Å². The number of carbonyl (C=O) groups excluding carboxylic acids is 2. The number of ether oxygens (including phenoxy) is 2. The third-order valence-electron chi connectivity index (χ3n) is 3.65. The van der Waals surface area contributed by atoms with Gasteiger partial charge in [0.2, 0.25) is 0 Å². The zero-order valence-corrected chi connectivity index (χ0v) is 13.3. The van der Waals surface area contributed by atoms with Gasteiger partial charge in [-0.3, -0.25) is 14.5 Å². The first-order chi connectivity index (χ1) is 9.67. The van der Waals surface area contributed by atoms with Crippen LogP contribution in [-0.4, -0.2) is 49.1 Å². The van der Waals surface area contributed by atoms with Crippen LogP contribution in [0.4, 0.5) is 0 Å². The summed E-state index contributed by atoms with van der Waals surface area (Å²) >= 11 is 0. The second-order valence-electron chi connectivity index (χ2n) is 5.61. The van der Waals surface area contributed by atoms with Gasteiger partial charge >= 0.3 is 5.97 Å². The molecule has 0 fully saturated rings. The molecule has 0 unspecified atom stereocenters. The Balaban J connectivity index is 2.79. The minimum Gasteiger partial charge on any atom is -0.328 e. The van der Waals surface area contributed by atoms with Crippen LogP contribution in [0.15, 0.2) is 12.2 Å². The molecule has 0 atom stereocenters. The molecule has 1 aliphatic rings. The van der Waals surface area contributed by atoms with Gasteiger partial charge in [-0.25, -0.2) is 4.89 Å². The maximum atomic E-state index is 11.6. The van der Waals surface area contributed by atoms with Crippen molar-refractivity contribution >= 4 is 11.8 Å². The van der Waals surface area contributed by atoms with E-state index in [0.717, 1.165) is 4.90 Å². The van der Waals surface area contributed by atoms with Gasteiger partial charge in [0.1, 0.15) is 12.1 Å². The van der Waals surface area contributed by atoms with Crippen LogP contribution < -0.4 is 0 Å². The molecule has 1 rings (SSSR count). The lowest BCUT2D eigenvalue weighted by Crippen LogP contribution is -2.51. The molecule has 0 saturated carbocycles. The van der Waals surface area contributed by atoms with E-state index >= 15 is 0 Å². The molecule has 0 aromatic rings. The van der Waals surface area contributed by atoms with Crippen molar-refractivity contribution in [3.8, 4) is 0 Å². The molecule has 21 heavy (non-hydrogen) atoms. The maximum absolute atomic E-state index is 11.6. The smallest absolute Gasteiger partial charge is 0.328 e. The molecule has 2 amide bonds. The van der Waals surface area contributed by atoms with E-state index in [1.165, 1.54) is 26.4 Å². The van der Waals surface area contributed by atoms with Crippen molar-refractivity contribution in [1.29, 1.82) is 0 Å². The van der Waals surface area contributed by atoms with Crippen LogP contribution in [0.3, 0.4) is 0 Å². The number of nitrogens with zero attached hydrogens (tertiary/aromatic N) is 1. The predicted molar refractivity (Wildman–Crippen MR) is 73.7 cm³/mol. The molecule has 0 aromatic carbocycles. The number of amides is 2. The van der Waals surface area contributed by atoms with E-state index in [-0.39, 0.29) is 12.5 Å². The van der Waals surface area contributed by atoms with Crippen LogP contribution in [0.1, 0.15) is 27.7 Å². The summed E-state index contributed by atoms with van der Waals surface area (Å²) < 4.78 is 10.4. The Morgan fingerprint density at radius 2 is 1.52 bits per heavy atom. The lowest BCUT2D eigenvalue weighted by Gasteiger charge is -2.36. The summed E-state index contributed by atoms with van der Waals surface area (Å²) in [6, 6.07) is 0. The second-order valence-corrected chi connectivity index (χ2v) is 5.61. The summed E-state index contributed by atoms with van der Waals surface area (Å²) in [5, 5.41) is 0. The second kappa shape index (κ2) is 6.65. The Labute approximate surface area is 124 Å². The van der Waals surface area contributed by atoms with E-state index in [1.807, 2.05) is 27.7 Å². The number of imide groups is 1. The van der Waals surface area contributed by atoms with Gasteiger partial charge in [0.25, 0.3) is 11.8 Å². The first kappa shape index (κ1) is 17.8. The van der Waals surface area contributed by atoms with Gasteiger partial charge in [-0.15, -0.1) is 0 Å². The SMILES string of the molecule is COC(CN1C(=O)C=CC1=O)(OC)OOC(C)(C)C(C)C. The van der Waals surface area contributed by atoms with E-state index in [0.29, 0.717) is 0 Å². The fraction of sp³-hybridized carbons (Fsp3) is 0.714. The van der Waals surface area contributed by atoms with Gasteiger partial charge in [-0.2, -0.15) is 4.89 Å². The summed E-state index contributed by atoms with van der Waals surface area (Å²) in [5.41, 5.74) is -0.598. The van der Waals surface area contributed by atoms with Gasteiger partial charge in [0.05, 0.1) is 0 Å². The molecule has 0 aromatic heterocycles. The molecule has 120 valence electrons. The normalized spacial score (nSPS) is 16.4. The van der Waals surface area contributed by atoms with Gasteiger partial charge < -0.3 is 9.47 Å². The molecule has 0 saturated heterocycles. The highest BCUT2D eigenvalue weighted by atomic mass is 17.3. The first-order valence-electron chi connectivity index (χ1n) is 6.68. The highest BCUT2D eigenvalue weighted by molar-refractivity contribution is 6.12. The van der Waals surface area contributed by atoms with Crippen molar-refractivity contribution in [2.45, 2.75) is 39.3 Å². The standard InChI is InChI=1S/C14H23NO6/c1-10(2)13(3,4)20-21-14(18-5,19-6)9-15-11(16)7-8-12(15)17/h7-8,10H,9H2,1-6H3. The van der Waals surface area contributed by atoms with E-state index in [2.05, 4.69) is 0 Å². The molecule has 7 heteroatoms. The largest absolute Gasteiger partial charge is 0.330 e. The van der Waals surface area contributed by atoms with Crippen molar-refractivity contribution in [2.24, 2.45) is 5.92 Å². The topological polar surface area (TPSA) is 74.3 Å². The van der Waals surface area contributed by atoms with E-state index in [4.69, 9.17) is 19.2 Å². The molecule has 0 N–H and O–H groups in total. The van der Waals surface area contributed by atoms with Crippen molar-refractivity contribution in [2.75, 3.05) is 20.8 Å². The zero-order valence-electron chi connectivity index (χ0n) is 13.3. The van der Waals surface area contributed by atoms with Gasteiger partial charge in [-0.1, -0.05) is 13.8 Å². The highest BCUT2D eigenvalue weighted by Crippen LogP contribution is 2.26. The Bertz CT molecular complexity index is 407. The lowest BCUT2D eigenvalue weighted by molar-refractivity contribution is -0.523. The average Bonchev–Trinajstić information content (AvgIpc) is 2.74. The minimum atomic E-state index is -1.68. The molecule has 1 aliphatic heterocycles. The quantitative estimate of drug-likeness (QED) is 0.291. The molecular formula is C14H23NO6. The van der Waals surface area contributed by atoms with E-state index in [1.54, 1.807) is 0 Å². The van der Waals surface area contributed by atoms with Crippen LogP contribution >= 0.6 is 0 Å². The highest BCUT2D eigenvalue weighted by Gasteiger charge is 2.42. The molecule has 7 nitrogen and oxygen atoms in total. The van der Waals surface area contributed by atoms with Crippen LogP contribution in [0.2, 0.25) is 0 Å². The fourth-order valence-corrected chi connectivity index (χ4v) is 1.35. The van der Waals surface area contributed by atoms with Crippen LogP contribution in [0.5, 0.6) is 0 Å². The number of carbonyl (C=O) groups is 2. The Morgan fingerprint density at radius 1 is 1.05 bits per heavy atom. The molecule has 1 heterocycles. The number of hydrogen-bond acceptors (Lipinski definition) is 6. The summed E-state index contributed by atoms with van der Waals surface area (Å²) in [7, 11) is 2.68. The van der Waals surface area contributed by atoms with Crippen molar-refractivity contribution in [3.05, 3.63) is 12.2 Å². The summed E-state index contributed by atoms with van der Waals surface area (Å²) in [5.74, 6) is -2.42. The Morgan fingerprint density at radius 3 is 1.90 bits per heavy atom. The summed E-state index contributed by atoms with van der Waals surface area (Å²) in [6.45, 7) is 7.41. The van der Waals surface area contributed by atoms with Crippen molar-refractivity contribution in [1.82, 2.24) is 4.90 Å². The monoisotopic (exact) mass is 301 g/mol. The summed E-state index contributed by atoms with van der Waals surface area (Å²) in [4.78, 5) is 34.9. The number of methoxy groups -OCH3 is 2. The van der Waals surface area contributed by atoms with Crippen LogP contribution in [0, 0.1) is 5.92 Å². The third-order valence-corrected chi connectivity index (χ3v) is 3.65. The minimum absolute atomic E-state index is 0.167. The molecule has 0 bridgehead atoms. The number of hydrogen-bond donors (Lipinski definition) is 0. The number of rotatable bonds is 8. The average molecular weight is 301 g/mol. The van der Waals surface area contributed by atoms with Crippen LogP contribution in [-0.2, 0) is 28.8 Å². The van der Waals surface area contributed by atoms with Gasteiger partial charge in [-0.05, 0) is 19.8 Å². The van der Waals surface area contributed by atoms with Crippen molar-refractivity contribution in [3.63, 3.8) is 0 Å². The Kier molecular flexibility index (Phi) is 5.63. The van der Waals surface area contributed by atoms with Crippen LogP contribution in [0.25, 0.3) is 0 Å². The zero-order chi connectivity index (χ0) is 16.3. The lowest BCUT2D eigenvalue weighted by atomic mass is 9.95. The van der Waals surface area contributed by atoms with E-state index < -0.39 is 23.4 Å². The maximum Gasteiger partial charge on any atom is 0.330 e. The van der Waals surface area contributed by atoms with E-state index in [9.17, 15) is 9.59 Å². The predicted octanol–water partition coefficient (Wildman–Crippen LogP) is 1.24. The van der Waals surface area contributed by atoms with Crippen molar-refractivity contribution < 1.29 is 28.8 Å². The summed E-state index contributed by atoms with van der Waals surface area (Å²) in [6.07, 6.45) is 2.36. The first-order valence-corrected chi connectivity index (χ1v) is 6.68. The Hall–Kier alpha value is -1.28. The van der Waals surface area contributed by atoms with Gasteiger partial charge in [0, 0.05) is 26.4 Å². The molecule has 0 radical (unpaired) electrons.